The zero-order chi connectivity index (χ0) is 13.1. The first-order valence-corrected chi connectivity index (χ1v) is 6.05. The topological polar surface area (TPSA) is 70.4 Å². The molecule has 0 amide bonds. The van der Waals surface area contributed by atoms with Crippen LogP contribution in [-0.2, 0) is 27.3 Å². The van der Waals surface area contributed by atoms with Crippen molar-refractivity contribution in [3.05, 3.63) is 11.9 Å². The predicted molar refractivity (Wildman–Crippen MR) is 66.3 cm³/mol. The maximum Gasteiger partial charge on any atom is 0.0964 e. The van der Waals surface area contributed by atoms with Crippen LogP contribution in [0.4, 0.5) is 0 Å². The van der Waals surface area contributed by atoms with Gasteiger partial charge in [-0.3, -0.25) is 0 Å². The number of hydrogen-bond acceptors (Lipinski definition) is 6. The molecule has 0 aliphatic rings. The van der Waals surface area contributed by atoms with Gasteiger partial charge in [0.25, 0.3) is 0 Å². The summed E-state index contributed by atoms with van der Waals surface area (Å²) in [6, 6.07) is 0. The van der Waals surface area contributed by atoms with Crippen molar-refractivity contribution in [2.24, 2.45) is 0 Å². The van der Waals surface area contributed by atoms with Crippen LogP contribution < -0.4 is 5.32 Å². The normalized spacial score (nSPS) is 11.0. The van der Waals surface area contributed by atoms with Crippen molar-refractivity contribution in [1.29, 1.82) is 0 Å². The van der Waals surface area contributed by atoms with Crippen LogP contribution in [-0.4, -0.2) is 62.2 Å². The van der Waals surface area contributed by atoms with Crippen LogP contribution in [0.25, 0.3) is 0 Å². The third kappa shape index (κ3) is 6.65. The number of nitrogens with one attached hydrogen (secondary N) is 1. The van der Waals surface area contributed by atoms with Gasteiger partial charge < -0.3 is 19.5 Å². The molecule has 1 heterocycles. The van der Waals surface area contributed by atoms with Crippen LogP contribution in [0.5, 0.6) is 0 Å². The minimum absolute atomic E-state index is 0.585. The van der Waals surface area contributed by atoms with E-state index in [4.69, 9.17) is 14.2 Å². The molecule has 1 N–H and O–H groups in total. The van der Waals surface area contributed by atoms with Gasteiger partial charge in [-0.2, -0.15) is 0 Å². The summed E-state index contributed by atoms with van der Waals surface area (Å²) in [5, 5.41) is 11.0. The van der Waals surface area contributed by atoms with E-state index >= 15 is 0 Å². The highest BCUT2D eigenvalue weighted by Crippen LogP contribution is 1.92. The molecule has 0 fully saturated rings. The second kappa shape index (κ2) is 9.95. The molecule has 0 aromatic carbocycles. The van der Waals surface area contributed by atoms with Crippen molar-refractivity contribution < 1.29 is 14.2 Å². The van der Waals surface area contributed by atoms with Crippen molar-refractivity contribution >= 4 is 0 Å². The molecule has 1 aromatic rings. The molecule has 0 aliphatic carbocycles. The van der Waals surface area contributed by atoms with Crippen LogP contribution in [0.15, 0.2) is 6.20 Å². The molecule has 18 heavy (non-hydrogen) atoms. The first-order chi connectivity index (χ1) is 8.86. The van der Waals surface area contributed by atoms with Crippen LogP contribution in [0.1, 0.15) is 5.69 Å². The van der Waals surface area contributed by atoms with Crippen LogP contribution in [0.2, 0.25) is 0 Å². The molecule has 0 radical (unpaired) electrons. The van der Waals surface area contributed by atoms with E-state index in [2.05, 4.69) is 15.6 Å². The minimum atomic E-state index is 0.585. The fraction of sp³-hybridized carbons (Fsp3) is 0.818. The summed E-state index contributed by atoms with van der Waals surface area (Å²) in [6.07, 6.45) is 1.91. The smallest absolute Gasteiger partial charge is 0.0964 e. The second-order valence-electron chi connectivity index (χ2n) is 3.72. The average molecular weight is 258 g/mol. The SMILES string of the molecule is CNCc1cn(CCOCCOCCOC)nn1. The lowest BCUT2D eigenvalue weighted by Crippen LogP contribution is -2.12. The van der Waals surface area contributed by atoms with E-state index in [1.165, 1.54) is 0 Å². The number of hydrogen-bond donors (Lipinski definition) is 1. The summed E-state index contributed by atoms with van der Waals surface area (Å²) >= 11 is 0. The fourth-order valence-corrected chi connectivity index (χ4v) is 1.33. The molecule has 0 unspecified atom stereocenters. The summed E-state index contributed by atoms with van der Waals surface area (Å²) in [4.78, 5) is 0. The largest absolute Gasteiger partial charge is 0.382 e. The Morgan fingerprint density at radius 1 is 1.17 bits per heavy atom. The summed E-state index contributed by atoms with van der Waals surface area (Å²) < 4.78 is 17.3. The van der Waals surface area contributed by atoms with E-state index < -0.39 is 0 Å². The summed E-state index contributed by atoms with van der Waals surface area (Å²) in [7, 11) is 3.53. The van der Waals surface area contributed by atoms with E-state index in [9.17, 15) is 0 Å². The molecule has 7 nitrogen and oxygen atoms in total. The maximum atomic E-state index is 5.42. The Hall–Kier alpha value is -1.02. The van der Waals surface area contributed by atoms with E-state index in [0.29, 0.717) is 39.6 Å². The lowest BCUT2D eigenvalue weighted by Gasteiger charge is -2.05. The minimum Gasteiger partial charge on any atom is -0.382 e. The molecule has 0 bridgehead atoms. The molecular weight excluding hydrogens is 236 g/mol. The lowest BCUT2D eigenvalue weighted by molar-refractivity contribution is 0.0224. The van der Waals surface area contributed by atoms with Crippen molar-refractivity contribution in [2.75, 3.05) is 47.2 Å². The average Bonchev–Trinajstić information content (AvgIpc) is 2.81. The van der Waals surface area contributed by atoms with Crippen molar-refractivity contribution in [2.45, 2.75) is 13.1 Å². The maximum absolute atomic E-state index is 5.42. The van der Waals surface area contributed by atoms with E-state index in [0.717, 1.165) is 12.2 Å². The highest BCUT2D eigenvalue weighted by molar-refractivity contribution is 4.90. The Bertz CT molecular complexity index is 306. The van der Waals surface area contributed by atoms with E-state index in [-0.39, 0.29) is 0 Å². The van der Waals surface area contributed by atoms with Gasteiger partial charge in [-0.25, -0.2) is 4.68 Å². The molecule has 104 valence electrons. The summed E-state index contributed by atoms with van der Waals surface area (Å²) in [5.74, 6) is 0. The second-order valence-corrected chi connectivity index (χ2v) is 3.72. The molecule has 7 heteroatoms. The molecule has 0 atom stereocenters. The molecule has 1 rings (SSSR count). The molecule has 1 aromatic heterocycles. The number of methoxy groups -OCH3 is 1. The Labute approximate surface area is 107 Å². The third-order valence-corrected chi connectivity index (χ3v) is 2.21. The number of nitrogens with zero attached hydrogens (tertiary/aromatic N) is 3. The number of rotatable bonds is 11. The van der Waals surface area contributed by atoms with Gasteiger partial charge >= 0.3 is 0 Å². The quantitative estimate of drug-likeness (QED) is 0.548. The highest BCUT2D eigenvalue weighted by atomic mass is 16.5. The Morgan fingerprint density at radius 3 is 2.61 bits per heavy atom. The fourth-order valence-electron chi connectivity index (χ4n) is 1.33. The summed E-state index contributed by atoms with van der Waals surface area (Å²) in [6.45, 7) is 4.44. The zero-order valence-corrected chi connectivity index (χ0v) is 11.1. The number of ether oxygens (including phenoxy) is 3. The molecule has 0 saturated carbocycles. The Kier molecular flexibility index (Phi) is 8.32. The van der Waals surface area contributed by atoms with Crippen LogP contribution >= 0.6 is 0 Å². The van der Waals surface area contributed by atoms with Crippen LogP contribution in [0.3, 0.4) is 0 Å². The van der Waals surface area contributed by atoms with Gasteiger partial charge in [-0.1, -0.05) is 5.21 Å². The first kappa shape index (κ1) is 15.0. The molecular formula is C11H22N4O3. The lowest BCUT2D eigenvalue weighted by atomic mass is 10.5. The van der Waals surface area contributed by atoms with Crippen molar-refractivity contribution in [3.63, 3.8) is 0 Å². The highest BCUT2D eigenvalue weighted by Gasteiger charge is 1.99. The standard InChI is InChI=1S/C11H22N4O3/c1-12-9-11-10-15(14-13-11)3-4-17-7-8-18-6-5-16-2/h10,12H,3-9H2,1-2H3. The Morgan fingerprint density at radius 2 is 1.89 bits per heavy atom. The number of aromatic nitrogens is 3. The third-order valence-electron chi connectivity index (χ3n) is 2.21. The Balaban J connectivity index is 1.96. The van der Waals surface area contributed by atoms with Gasteiger partial charge in [-0.05, 0) is 7.05 Å². The van der Waals surface area contributed by atoms with Crippen LogP contribution in [0, 0.1) is 0 Å². The van der Waals surface area contributed by atoms with Crippen molar-refractivity contribution in [1.82, 2.24) is 20.3 Å². The summed E-state index contributed by atoms with van der Waals surface area (Å²) in [5.41, 5.74) is 0.931. The molecule has 0 saturated heterocycles. The monoisotopic (exact) mass is 258 g/mol. The molecule has 0 aliphatic heterocycles. The zero-order valence-electron chi connectivity index (χ0n) is 11.1. The first-order valence-electron chi connectivity index (χ1n) is 6.05. The van der Waals surface area contributed by atoms with Gasteiger partial charge in [0.15, 0.2) is 0 Å². The molecule has 0 spiro atoms. The van der Waals surface area contributed by atoms with E-state index in [1.807, 2.05) is 13.2 Å². The van der Waals surface area contributed by atoms with Gasteiger partial charge in [0.05, 0.1) is 45.3 Å². The van der Waals surface area contributed by atoms with Gasteiger partial charge in [0.2, 0.25) is 0 Å². The van der Waals surface area contributed by atoms with E-state index in [1.54, 1.807) is 11.8 Å². The van der Waals surface area contributed by atoms with Crippen molar-refractivity contribution in [3.8, 4) is 0 Å². The van der Waals surface area contributed by atoms with Gasteiger partial charge in [-0.15, -0.1) is 5.10 Å². The van der Waals surface area contributed by atoms with Gasteiger partial charge in [0.1, 0.15) is 0 Å². The predicted octanol–water partition coefficient (Wildman–Crippen LogP) is -0.323. The van der Waals surface area contributed by atoms with Gasteiger partial charge in [0, 0.05) is 19.9 Å².